The molecule has 6 nitrogen and oxygen atoms in total. The second-order valence-corrected chi connectivity index (χ2v) is 8.25. The van der Waals surface area contributed by atoms with Gasteiger partial charge in [0, 0.05) is 61.9 Å². The van der Waals surface area contributed by atoms with Crippen molar-refractivity contribution >= 4 is 6.21 Å². The van der Waals surface area contributed by atoms with Crippen LogP contribution in [-0.2, 0) is 4.74 Å². The van der Waals surface area contributed by atoms with Gasteiger partial charge in [0.05, 0.1) is 13.2 Å². The van der Waals surface area contributed by atoms with Gasteiger partial charge in [0.15, 0.2) is 0 Å². The van der Waals surface area contributed by atoms with Crippen molar-refractivity contribution in [2.24, 2.45) is 11.3 Å². The van der Waals surface area contributed by atoms with Crippen molar-refractivity contribution in [3.05, 3.63) is 0 Å². The first-order valence-electron chi connectivity index (χ1n) is 8.98. The molecule has 0 aromatic rings. The van der Waals surface area contributed by atoms with Crippen LogP contribution in [0.3, 0.4) is 0 Å². The van der Waals surface area contributed by atoms with E-state index in [-0.39, 0.29) is 5.92 Å². The van der Waals surface area contributed by atoms with E-state index in [1.54, 1.807) is 6.21 Å². The maximum absolute atomic E-state index is 7.48. The summed E-state index contributed by atoms with van der Waals surface area (Å²) in [6, 6.07) is 0.688. The number of hydrogen-bond donors (Lipinski definition) is 3. The zero-order chi connectivity index (χ0) is 16.5. The Morgan fingerprint density at radius 3 is 2.65 bits per heavy atom. The van der Waals surface area contributed by atoms with Crippen LogP contribution in [0.1, 0.15) is 26.7 Å². The molecule has 23 heavy (non-hydrogen) atoms. The van der Waals surface area contributed by atoms with E-state index in [9.17, 15) is 0 Å². The summed E-state index contributed by atoms with van der Waals surface area (Å²) in [5.41, 5.74) is 4.25. The molecule has 3 aliphatic heterocycles. The molecule has 132 valence electrons. The Morgan fingerprint density at radius 2 is 2.09 bits per heavy atom. The van der Waals surface area contributed by atoms with Crippen LogP contribution in [-0.4, -0.2) is 80.7 Å². The van der Waals surface area contributed by atoms with Crippen molar-refractivity contribution in [1.82, 2.24) is 20.7 Å². The maximum atomic E-state index is 7.48. The van der Waals surface area contributed by atoms with E-state index in [0.717, 1.165) is 39.4 Å². The smallest absolute Gasteiger partial charge is 0.0554 e. The molecule has 1 spiro atoms. The lowest BCUT2D eigenvalue weighted by Gasteiger charge is -2.56. The molecule has 0 saturated carbocycles. The highest BCUT2D eigenvalue weighted by atomic mass is 16.5. The van der Waals surface area contributed by atoms with Crippen LogP contribution in [0.15, 0.2) is 0 Å². The van der Waals surface area contributed by atoms with E-state index in [2.05, 4.69) is 34.5 Å². The predicted octanol–water partition coefficient (Wildman–Crippen LogP) is 0.551. The van der Waals surface area contributed by atoms with Gasteiger partial charge in [0.25, 0.3) is 0 Å². The van der Waals surface area contributed by atoms with Crippen molar-refractivity contribution in [2.75, 3.05) is 53.0 Å². The first-order chi connectivity index (χ1) is 11.0. The molecule has 3 saturated heterocycles. The molecular formula is C17H33N5O. The SMILES string of the molecule is CNCC(C=N)CNN1CC2(CCC(C)N2CC2(C)COC2)C1. The molecule has 6 heteroatoms. The van der Waals surface area contributed by atoms with E-state index in [0.29, 0.717) is 17.0 Å². The maximum Gasteiger partial charge on any atom is 0.0554 e. The number of rotatable bonds is 8. The number of nitrogens with one attached hydrogen (secondary N) is 3. The van der Waals surface area contributed by atoms with E-state index >= 15 is 0 Å². The third-order valence-electron chi connectivity index (χ3n) is 5.87. The molecular weight excluding hydrogens is 290 g/mol. The van der Waals surface area contributed by atoms with Gasteiger partial charge < -0.3 is 15.5 Å². The van der Waals surface area contributed by atoms with Crippen LogP contribution in [0.4, 0.5) is 0 Å². The second kappa shape index (κ2) is 6.76. The summed E-state index contributed by atoms with van der Waals surface area (Å²) in [5, 5.41) is 13.0. The Labute approximate surface area is 140 Å². The molecule has 0 aromatic carbocycles. The summed E-state index contributed by atoms with van der Waals surface area (Å²) in [7, 11) is 1.94. The van der Waals surface area contributed by atoms with Gasteiger partial charge in [-0.15, -0.1) is 0 Å². The summed E-state index contributed by atoms with van der Waals surface area (Å²) in [5.74, 6) is 0.265. The highest BCUT2D eigenvalue weighted by molar-refractivity contribution is 5.57. The first kappa shape index (κ1) is 17.3. The van der Waals surface area contributed by atoms with Gasteiger partial charge in [-0.05, 0) is 26.8 Å². The third-order valence-corrected chi connectivity index (χ3v) is 5.87. The predicted molar refractivity (Wildman–Crippen MR) is 92.8 cm³/mol. The first-order valence-corrected chi connectivity index (χ1v) is 8.98. The molecule has 0 aliphatic carbocycles. The monoisotopic (exact) mass is 323 g/mol. The van der Waals surface area contributed by atoms with Gasteiger partial charge in [-0.2, -0.15) is 0 Å². The molecule has 0 radical (unpaired) electrons. The van der Waals surface area contributed by atoms with Crippen LogP contribution < -0.4 is 10.7 Å². The van der Waals surface area contributed by atoms with Gasteiger partial charge in [-0.1, -0.05) is 6.92 Å². The zero-order valence-electron chi connectivity index (χ0n) is 14.9. The van der Waals surface area contributed by atoms with Crippen LogP contribution in [0.2, 0.25) is 0 Å². The molecule has 2 unspecified atom stereocenters. The number of hydrazine groups is 1. The van der Waals surface area contributed by atoms with Gasteiger partial charge in [0.2, 0.25) is 0 Å². The van der Waals surface area contributed by atoms with Crippen LogP contribution in [0.25, 0.3) is 0 Å². The largest absolute Gasteiger partial charge is 0.380 e. The van der Waals surface area contributed by atoms with Crippen molar-refractivity contribution in [2.45, 2.75) is 38.3 Å². The van der Waals surface area contributed by atoms with Crippen molar-refractivity contribution < 1.29 is 4.74 Å². The fourth-order valence-electron chi connectivity index (χ4n) is 4.34. The quantitative estimate of drug-likeness (QED) is 0.570. The Morgan fingerprint density at radius 1 is 1.35 bits per heavy atom. The fourth-order valence-corrected chi connectivity index (χ4v) is 4.34. The standard InChI is InChI=1S/C17H33N5O/c1-14-4-5-17(22(14)9-16(2)12-23-13-16)10-21(11-17)20-8-15(6-18)7-19-3/h6,14-15,18-20H,4-5,7-13H2,1-3H3. The topological polar surface area (TPSA) is 63.6 Å². The Kier molecular flexibility index (Phi) is 5.09. The van der Waals surface area contributed by atoms with Gasteiger partial charge in [-0.3, -0.25) is 10.3 Å². The van der Waals surface area contributed by atoms with E-state index < -0.39 is 0 Å². The average molecular weight is 323 g/mol. The zero-order valence-corrected chi connectivity index (χ0v) is 14.9. The van der Waals surface area contributed by atoms with Crippen LogP contribution in [0, 0.1) is 16.7 Å². The Bertz CT molecular complexity index is 419. The molecule has 0 bridgehead atoms. The number of likely N-dealkylation sites (tertiary alicyclic amines) is 1. The lowest BCUT2D eigenvalue weighted by molar-refractivity contribution is -0.147. The molecule has 0 amide bonds. The number of hydrogen-bond acceptors (Lipinski definition) is 6. The van der Waals surface area contributed by atoms with Crippen LogP contribution >= 0.6 is 0 Å². The lowest BCUT2D eigenvalue weighted by atomic mass is 9.83. The molecule has 3 rings (SSSR count). The van der Waals surface area contributed by atoms with E-state index in [4.69, 9.17) is 10.1 Å². The van der Waals surface area contributed by atoms with Crippen molar-refractivity contribution in [1.29, 1.82) is 5.41 Å². The van der Waals surface area contributed by atoms with Gasteiger partial charge >= 0.3 is 0 Å². The highest BCUT2D eigenvalue weighted by Crippen LogP contribution is 2.43. The summed E-state index contributed by atoms with van der Waals surface area (Å²) < 4.78 is 5.45. The molecule has 3 fully saturated rings. The van der Waals surface area contributed by atoms with Crippen molar-refractivity contribution in [3.8, 4) is 0 Å². The normalized spacial score (nSPS) is 30.8. The van der Waals surface area contributed by atoms with Crippen molar-refractivity contribution in [3.63, 3.8) is 0 Å². The Balaban J connectivity index is 1.50. The Hall–Kier alpha value is -0.530. The summed E-state index contributed by atoms with van der Waals surface area (Å²) in [6.45, 7) is 11.7. The summed E-state index contributed by atoms with van der Waals surface area (Å²) in [6.07, 6.45) is 4.17. The fraction of sp³-hybridized carbons (Fsp3) is 0.941. The minimum absolute atomic E-state index is 0.265. The minimum Gasteiger partial charge on any atom is -0.380 e. The second-order valence-electron chi connectivity index (χ2n) is 8.25. The molecule has 3 N–H and O–H groups in total. The molecule has 2 atom stereocenters. The van der Waals surface area contributed by atoms with Gasteiger partial charge in [0.1, 0.15) is 0 Å². The van der Waals surface area contributed by atoms with Crippen LogP contribution in [0.5, 0.6) is 0 Å². The average Bonchev–Trinajstić information content (AvgIpc) is 2.78. The molecule has 0 aromatic heterocycles. The highest BCUT2D eigenvalue weighted by Gasteiger charge is 2.54. The lowest BCUT2D eigenvalue weighted by Crippen LogP contribution is -2.73. The van der Waals surface area contributed by atoms with Gasteiger partial charge in [-0.25, -0.2) is 5.01 Å². The van der Waals surface area contributed by atoms with E-state index in [1.165, 1.54) is 19.4 Å². The summed E-state index contributed by atoms with van der Waals surface area (Å²) in [4.78, 5) is 2.76. The number of nitrogens with zero attached hydrogens (tertiary/aromatic N) is 2. The molecule has 3 heterocycles. The number of ether oxygens (including phenoxy) is 1. The molecule has 3 aliphatic rings. The van der Waals surface area contributed by atoms with E-state index in [1.807, 2.05) is 7.05 Å². The summed E-state index contributed by atoms with van der Waals surface area (Å²) >= 11 is 0. The third kappa shape index (κ3) is 3.46. The minimum atomic E-state index is 0.265.